The maximum absolute atomic E-state index is 12.6. The zero-order valence-electron chi connectivity index (χ0n) is 22.5. The van der Waals surface area contributed by atoms with Gasteiger partial charge >= 0.3 is 12.7 Å². The van der Waals surface area contributed by atoms with E-state index in [0.29, 0.717) is 45.2 Å². The van der Waals surface area contributed by atoms with Crippen LogP contribution in [0.4, 0.5) is 26.3 Å². The summed E-state index contributed by atoms with van der Waals surface area (Å²) in [6.45, 7) is 1.55. The molecular formula is C29H20F6N6O3. The first kappa shape index (κ1) is 28.9. The Morgan fingerprint density at radius 2 is 0.932 bits per heavy atom. The number of rotatable bonds is 7. The van der Waals surface area contributed by atoms with Gasteiger partial charge in [0.1, 0.15) is 17.4 Å². The Labute approximate surface area is 243 Å². The van der Waals surface area contributed by atoms with Crippen LogP contribution < -0.4 is 9.47 Å². The molecule has 0 bridgehead atoms. The van der Waals surface area contributed by atoms with Crippen molar-refractivity contribution in [3.8, 4) is 33.8 Å². The Morgan fingerprint density at radius 1 is 0.568 bits per heavy atom. The van der Waals surface area contributed by atoms with Crippen LogP contribution in [-0.4, -0.2) is 53.1 Å². The number of nitrogens with zero attached hydrogens (tertiary/aromatic N) is 6. The summed E-state index contributed by atoms with van der Waals surface area (Å²) in [5.74, 6) is -0.907. The number of ether oxygens (including phenoxy) is 2. The van der Waals surface area contributed by atoms with E-state index < -0.39 is 24.7 Å². The van der Waals surface area contributed by atoms with Crippen LogP contribution in [-0.2, 0) is 0 Å². The average Bonchev–Trinajstić information content (AvgIpc) is 3.56. The molecular weight excluding hydrogens is 594 g/mol. The SMILES string of the molecule is CC(O)C(c1nnc2ccc(-c3ccc(OC(F)(F)F)cc3)cn12)c1nnc2ccc(-c3ccc(OC(F)(F)F)cc3)cn12. The Bertz CT molecular complexity index is 1800. The Kier molecular flexibility index (Phi) is 7.11. The van der Waals surface area contributed by atoms with E-state index in [1.165, 1.54) is 48.5 Å². The molecule has 0 aliphatic carbocycles. The number of hydrogen-bond acceptors (Lipinski definition) is 7. The summed E-state index contributed by atoms with van der Waals surface area (Å²) >= 11 is 0. The van der Waals surface area contributed by atoms with Gasteiger partial charge in [-0.3, -0.25) is 8.80 Å². The average molecular weight is 615 g/mol. The van der Waals surface area contributed by atoms with E-state index >= 15 is 0 Å². The second-order valence-electron chi connectivity index (χ2n) is 9.77. The zero-order chi connectivity index (χ0) is 31.2. The van der Waals surface area contributed by atoms with E-state index in [-0.39, 0.29) is 11.5 Å². The van der Waals surface area contributed by atoms with Crippen molar-refractivity contribution in [2.75, 3.05) is 0 Å². The van der Waals surface area contributed by atoms with E-state index in [1.54, 1.807) is 52.4 Å². The van der Waals surface area contributed by atoms with Crippen molar-refractivity contribution in [2.24, 2.45) is 0 Å². The molecule has 1 atom stereocenters. The first-order valence-electron chi connectivity index (χ1n) is 12.9. The highest BCUT2D eigenvalue weighted by atomic mass is 19.4. The molecule has 0 amide bonds. The van der Waals surface area contributed by atoms with Crippen molar-refractivity contribution in [3.63, 3.8) is 0 Å². The fourth-order valence-corrected chi connectivity index (χ4v) is 4.83. The molecule has 9 nitrogen and oxygen atoms in total. The summed E-state index contributed by atoms with van der Waals surface area (Å²) in [5.41, 5.74) is 3.35. The maximum Gasteiger partial charge on any atom is 0.573 e. The quantitative estimate of drug-likeness (QED) is 0.207. The van der Waals surface area contributed by atoms with Crippen LogP contribution >= 0.6 is 0 Å². The van der Waals surface area contributed by atoms with Crippen LogP contribution in [0, 0.1) is 0 Å². The third kappa shape index (κ3) is 5.99. The molecule has 0 saturated carbocycles. The van der Waals surface area contributed by atoms with E-state index in [0.717, 1.165) is 0 Å². The van der Waals surface area contributed by atoms with E-state index in [4.69, 9.17) is 0 Å². The highest BCUT2D eigenvalue weighted by Crippen LogP contribution is 2.32. The van der Waals surface area contributed by atoms with Gasteiger partial charge < -0.3 is 14.6 Å². The third-order valence-electron chi connectivity index (χ3n) is 6.74. The molecule has 15 heteroatoms. The van der Waals surface area contributed by atoms with Crippen molar-refractivity contribution in [1.29, 1.82) is 0 Å². The Balaban J connectivity index is 1.36. The molecule has 0 aliphatic heterocycles. The molecule has 0 radical (unpaired) electrons. The first-order valence-corrected chi connectivity index (χ1v) is 12.9. The van der Waals surface area contributed by atoms with Crippen molar-refractivity contribution in [1.82, 2.24) is 29.2 Å². The van der Waals surface area contributed by atoms with Gasteiger partial charge in [0.15, 0.2) is 22.9 Å². The number of aromatic nitrogens is 6. The van der Waals surface area contributed by atoms with Gasteiger partial charge in [0.25, 0.3) is 0 Å². The number of pyridine rings is 2. The lowest BCUT2D eigenvalue weighted by Crippen LogP contribution is -2.21. The number of fused-ring (bicyclic) bond motifs is 2. The zero-order valence-corrected chi connectivity index (χ0v) is 22.5. The van der Waals surface area contributed by atoms with Gasteiger partial charge in [-0.1, -0.05) is 24.3 Å². The first-order chi connectivity index (χ1) is 20.8. The molecule has 6 rings (SSSR count). The van der Waals surface area contributed by atoms with Gasteiger partial charge in [0.2, 0.25) is 0 Å². The van der Waals surface area contributed by atoms with Crippen molar-refractivity contribution < 1.29 is 40.9 Å². The number of hydrogen-bond donors (Lipinski definition) is 1. The minimum atomic E-state index is -4.81. The summed E-state index contributed by atoms with van der Waals surface area (Å²) in [7, 11) is 0. The minimum Gasteiger partial charge on any atom is -0.406 e. The monoisotopic (exact) mass is 614 g/mol. The predicted molar refractivity (Wildman–Crippen MR) is 144 cm³/mol. The Morgan fingerprint density at radius 3 is 1.27 bits per heavy atom. The lowest BCUT2D eigenvalue weighted by molar-refractivity contribution is -0.275. The molecule has 4 heterocycles. The van der Waals surface area contributed by atoms with Gasteiger partial charge in [0.05, 0.1) is 6.10 Å². The van der Waals surface area contributed by atoms with Crippen LogP contribution in [0.2, 0.25) is 0 Å². The lowest BCUT2D eigenvalue weighted by atomic mass is 10.0. The number of aliphatic hydroxyl groups is 1. The van der Waals surface area contributed by atoms with Crippen molar-refractivity contribution in [3.05, 3.63) is 96.8 Å². The highest BCUT2D eigenvalue weighted by molar-refractivity contribution is 5.66. The van der Waals surface area contributed by atoms with E-state index in [1.807, 2.05) is 0 Å². The third-order valence-corrected chi connectivity index (χ3v) is 6.74. The number of alkyl halides is 6. The minimum absolute atomic E-state index is 0.322. The van der Waals surface area contributed by atoms with Crippen LogP contribution in [0.3, 0.4) is 0 Å². The van der Waals surface area contributed by atoms with Gasteiger partial charge in [-0.25, -0.2) is 0 Å². The van der Waals surface area contributed by atoms with Gasteiger partial charge in [-0.2, -0.15) is 0 Å². The predicted octanol–water partition coefficient (Wildman–Crippen LogP) is 6.42. The summed E-state index contributed by atoms with van der Waals surface area (Å²) in [5, 5.41) is 28.0. The second kappa shape index (κ2) is 10.8. The molecule has 1 unspecified atom stereocenters. The largest absolute Gasteiger partial charge is 0.573 e. The van der Waals surface area contributed by atoms with Crippen LogP contribution in [0.5, 0.6) is 11.5 Å². The van der Waals surface area contributed by atoms with Gasteiger partial charge in [-0.15, -0.1) is 46.7 Å². The fourth-order valence-electron chi connectivity index (χ4n) is 4.83. The summed E-state index contributed by atoms with van der Waals surface area (Å²) in [6, 6.07) is 17.6. The number of aliphatic hydroxyl groups excluding tert-OH is 1. The molecule has 6 aromatic rings. The molecule has 44 heavy (non-hydrogen) atoms. The topological polar surface area (TPSA) is 99.1 Å². The summed E-state index contributed by atoms with van der Waals surface area (Å²) in [6.07, 6.45) is -7.26. The molecule has 0 aliphatic rings. The van der Waals surface area contributed by atoms with Crippen molar-refractivity contribution in [2.45, 2.75) is 31.7 Å². The van der Waals surface area contributed by atoms with Crippen LogP contribution in [0.1, 0.15) is 24.5 Å². The number of benzene rings is 2. The highest BCUT2D eigenvalue weighted by Gasteiger charge is 2.32. The molecule has 0 spiro atoms. The Hall–Kier alpha value is -5.18. The van der Waals surface area contributed by atoms with Crippen molar-refractivity contribution >= 4 is 11.3 Å². The fraction of sp³-hybridized carbons (Fsp3) is 0.172. The second-order valence-corrected chi connectivity index (χ2v) is 9.77. The summed E-state index contributed by atoms with van der Waals surface area (Å²) in [4.78, 5) is 0. The molecule has 0 saturated heterocycles. The summed E-state index contributed by atoms with van der Waals surface area (Å²) < 4.78 is 86.6. The van der Waals surface area contributed by atoms with Crippen LogP contribution in [0.25, 0.3) is 33.5 Å². The van der Waals surface area contributed by atoms with Crippen LogP contribution in [0.15, 0.2) is 85.2 Å². The standard InChI is InChI=1S/C29H20F6N6O3/c1-16(42)25(26-38-36-23-12-6-19(14-40(23)26)17-2-8-21(9-3-17)43-28(30,31)32)27-39-37-24-13-7-20(15-41(24)27)18-4-10-22(11-5-18)44-29(33,34)35/h2-16,25,42H,1H3. The maximum atomic E-state index is 12.6. The molecule has 226 valence electrons. The van der Waals surface area contributed by atoms with Gasteiger partial charge in [-0.05, 0) is 77.7 Å². The number of halogens is 6. The smallest absolute Gasteiger partial charge is 0.406 e. The van der Waals surface area contributed by atoms with E-state index in [2.05, 4.69) is 29.9 Å². The molecule has 2 aromatic carbocycles. The van der Waals surface area contributed by atoms with E-state index in [9.17, 15) is 31.4 Å². The molecule has 0 fully saturated rings. The normalized spacial score (nSPS) is 13.1. The molecule has 1 N–H and O–H groups in total. The lowest BCUT2D eigenvalue weighted by Gasteiger charge is -2.17. The molecule has 4 aromatic heterocycles. The van der Waals surface area contributed by atoms with Gasteiger partial charge in [0, 0.05) is 12.4 Å².